The van der Waals surface area contributed by atoms with Crippen LogP contribution in [-0.4, -0.2) is 69.7 Å². The maximum absolute atomic E-state index is 10.2. The Bertz CT molecular complexity index is 277. The Balaban J connectivity index is 1.97. The normalized spacial score (nSPS) is 42.8. The number of hydrogen-bond donors (Lipinski definition) is 4. The summed E-state index contributed by atoms with van der Waals surface area (Å²) in [5, 5.41) is 33.5. The van der Waals surface area contributed by atoms with Crippen molar-refractivity contribution in [2.24, 2.45) is 0 Å². The SMILES string of the molecule is CCCC(C)NC1CN2CCC(O)C2C(O)C1O. The molecule has 5 heteroatoms. The highest BCUT2D eigenvalue weighted by Gasteiger charge is 2.48. The minimum atomic E-state index is -0.859. The van der Waals surface area contributed by atoms with Gasteiger partial charge in [-0.2, -0.15) is 0 Å². The number of nitrogens with one attached hydrogen (secondary N) is 1. The molecule has 0 aromatic carbocycles. The maximum atomic E-state index is 10.2. The van der Waals surface area contributed by atoms with Crippen LogP contribution in [0.1, 0.15) is 33.1 Å². The summed E-state index contributed by atoms with van der Waals surface area (Å²) < 4.78 is 0. The first-order chi connectivity index (χ1) is 8.54. The van der Waals surface area contributed by atoms with Crippen molar-refractivity contribution >= 4 is 0 Å². The molecule has 2 fully saturated rings. The van der Waals surface area contributed by atoms with Gasteiger partial charge < -0.3 is 20.6 Å². The van der Waals surface area contributed by atoms with E-state index in [1.807, 2.05) is 0 Å². The fourth-order valence-electron chi connectivity index (χ4n) is 3.35. The molecule has 2 rings (SSSR count). The van der Waals surface area contributed by atoms with Gasteiger partial charge in [-0.05, 0) is 19.8 Å². The fraction of sp³-hybridized carbons (Fsp3) is 1.00. The Kier molecular flexibility index (Phi) is 4.61. The number of aliphatic hydroxyl groups is 3. The van der Waals surface area contributed by atoms with E-state index in [2.05, 4.69) is 24.1 Å². The predicted molar refractivity (Wildman–Crippen MR) is 69.3 cm³/mol. The molecular formula is C13H26N2O3. The summed E-state index contributed by atoms with van der Waals surface area (Å²) in [6.07, 6.45) is 0.686. The fourth-order valence-corrected chi connectivity index (χ4v) is 3.35. The second-order valence-electron chi connectivity index (χ2n) is 5.79. The van der Waals surface area contributed by atoms with Crippen LogP contribution in [-0.2, 0) is 0 Å². The second kappa shape index (κ2) is 5.84. The molecular weight excluding hydrogens is 232 g/mol. The Morgan fingerprint density at radius 1 is 1.28 bits per heavy atom. The summed E-state index contributed by atoms with van der Waals surface area (Å²) in [7, 11) is 0. The summed E-state index contributed by atoms with van der Waals surface area (Å²) in [6, 6.07) is -0.0615. The Labute approximate surface area is 109 Å². The van der Waals surface area contributed by atoms with Crippen molar-refractivity contribution in [3.8, 4) is 0 Å². The minimum absolute atomic E-state index is 0.108. The van der Waals surface area contributed by atoms with E-state index >= 15 is 0 Å². The standard InChI is InChI=1S/C13H26N2O3/c1-3-4-8(2)14-9-7-15-6-5-10(16)11(15)13(18)12(9)17/h8-14,16-18H,3-7H2,1-2H3. The van der Waals surface area contributed by atoms with E-state index in [-0.39, 0.29) is 12.1 Å². The van der Waals surface area contributed by atoms with Crippen molar-refractivity contribution in [1.29, 1.82) is 0 Å². The number of piperidine rings is 1. The first-order valence-corrected chi connectivity index (χ1v) is 7.09. The van der Waals surface area contributed by atoms with Crippen LogP contribution in [0.5, 0.6) is 0 Å². The molecule has 0 radical (unpaired) electrons. The molecule has 0 amide bonds. The van der Waals surface area contributed by atoms with E-state index < -0.39 is 18.3 Å². The summed E-state index contributed by atoms with van der Waals surface area (Å²) in [4.78, 5) is 2.10. The first-order valence-electron chi connectivity index (χ1n) is 7.09. The predicted octanol–water partition coefficient (Wildman–Crippen LogP) is -0.696. The van der Waals surface area contributed by atoms with Crippen molar-refractivity contribution in [3.05, 3.63) is 0 Å². The molecule has 2 aliphatic heterocycles. The molecule has 0 aromatic heterocycles. The quantitative estimate of drug-likeness (QED) is 0.537. The lowest BCUT2D eigenvalue weighted by Gasteiger charge is -2.44. The lowest BCUT2D eigenvalue weighted by Crippen LogP contribution is -2.65. The van der Waals surface area contributed by atoms with Gasteiger partial charge in [-0.25, -0.2) is 0 Å². The molecule has 2 aliphatic rings. The Morgan fingerprint density at radius 2 is 2.00 bits per heavy atom. The van der Waals surface area contributed by atoms with Gasteiger partial charge in [0.1, 0.15) is 0 Å². The molecule has 106 valence electrons. The number of hydrogen-bond acceptors (Lipinski definition) is 5. The number of fused-ring (bicyclic) bond motifs is 1. The molecule has 0 spiro atoms. The second-order valence-corrected chi connectivity index (χ2v) is 5.79. The zero-order valence-electron chi connectivity index (χ0n) is 11.3. The largest absolute Gasteiger partial charge is 0.391 e. The van der Waals surface area contributed by atoms with Crippen LogP contribution >= 0.6 is 0 Å². The van der Waals surface area contributed by atoms with E-state index in [4.69, 9.17) is 0 Å². The molecule has 4 N–H and O–H groups in total. The molecule has 0 saturated carbocycles. The van der Waals surface area contributed by atoms with Crippen LogP contribution in [0.2, 0.25) is 0 Å². The summed E-state index contributed by atoms with van der Waals surface area (Å²) in [5.41, 5.74) is 0. The molecule has 2 heterocycles. The van der Waals surface area contributed by atoms with Crippen LogP contribution in [0, 0.1) is 0 Å². The van der Waals surface area contributed by atoms with E-state index in [9.17, 15) is 15.3 Å². The summed E-state index contributed by atoms with van der Waals surface area (Å²) in [6.45, 7) is 5.74. The van der Waals surface area contributed by atoms with Crippen LogP contribution in [0.3, 0.4) is 0 Å². The topological polar surface area (TPSA) is 76.0 Å². The molecule has 6 atom stereocenters. The lowest BCUT2D eigenvalue weighted by molar-refractivity contribution is -0.103. The van der Waals surface area contributed by atoms with Crippen molar-refractivity contribution < 1.29 is 15.3 Å². The number of aliphatic hydroxyl groups excluding tert-OH is 3. The maximum Gasteiger partial charge on any atom is 0.0994 e. The highest BCUT2D eigenvalue weighted by molar-refractivity contribution is 5.03. The van der Waals surface area contributed by atoms with Gasteiger partial charge >= 0.3 is 0 Å². The Morgan fingerprint density at radius 3 is 2.67 bits per heavy atom. The summed E-state index contributed by atoms with van der Waals surface area (Å²) in [5.74, 6) is 0. The monoisotopic (exact) mass is 258 g/mol. The third-order valence-corrected chi connectivity index (χ3v) is 4.29. The van der Waals surface area contributed by atoms with Crippen molar-refractivity contribution in [3.63, 3.8) is 0 Å². The van der Waals surface area contributed by atoms with Crippen molar-refractivity contribution in [1.82, 2.24) is 10.2 Å². The highest BCUT2D eigenvalue weighted by atomic mass is 16.3. The van der Waals surface area contributed by atoms with Gasteiger partial charge in [-0.1, -0.05) is 13.3 Å². The highest BCUT2D eigenvalue weighted by Crippen LogP contribution is 2.28. The molecule has 2 saturated heterocycles. The zero-order valence-corrected chi connectivity index (χ0v) is 11.3. The zero-order chi connectivity index (χ0) is 13.3. The Hall–Kier alpha value is -0.200. The third kappa shape index (κ3) is 2.70. The van der Waals surface area contributed by atoms with E-state index in [1.54, 1.807) is 0 Å². The van der Waals surface area contributed by atoms with Crippen molar-refractivity contribution in [2.75, 3.05) is 13.1 Å². The molecule has 5 nitrogen and oxygen atoms in total. The van der Waals surface area contributed by atoms with Gasteiger partial charge in [0.2, 0.25) is 0 Å². The molecule has 0 bridgehead atoms. The molecule has 6 unspecified atom stereocenters. The van der Waals surface area contributed by atoms with Crippen LogP contribution in [0.25, 0.3) is 0 Å². The molecule has 18 heavy (non-hydrogen) atoms. The molecule has 0 aliphatic carbocycles. The van der Waals surface area contributed by atoms with Gasteiger partial charge in [-0.3, -0.25) is 4.90 Å². The smallest absolute Gasteiger partial charge is 0.0994 e. The van der Waals surface area contributed by atoms with E-state index in [0.717, 1.165) is 19.4 Å². The number of rotatable bonds is 4. The van der Waals surface area contributed by atoms with Gasteiger partial charge in [0.05, 0.1) is 24.4 Å². The lowest BCUT2D eigenvalue weighted by atomic mass is 9.91. The third-order valence-electron chi connectivity index (χ3n) is 4.29. The van der Waals surface area contributed by atoms with Gasteiger partial charge in [0.25, 0.3) is 0 Å². The van der Waals surface area contributed by atoms with E-state index in [0.29, 0.717) is 19.0 Å². The summed E-state index contributed by atoms with van der Waals surface area (Å²) >= 11 is 0. The van der Waals surface area contributed by atoms with Gasteiger partial charge in [-0.15, -0.1) is 0 Å². The average molecular weight is 258 g/mol. The minimum Gasteiger partial charge on any atom is -0.391 e. The average Bonchev–Trinajstić information content (AvgIpc) is 2.67. The van der Waals surface area contributed by atoms with Crippen LogP contribution < -0.4 is 5.32 Å². The first kappa shape index (κ1) is 14.2. The van der Waals surface area contributed by atoms with Crippen LogP contribution in [0.15, 0.2) is 0 Å². The molecule has 0 aromatic rings. The number of nitrogens with zero attached hydrogens (tertiary/aromatic N) is 1. The van der Waals surface area contributed by atoms with Gasteiger partial charge in [0, 0.05) is 25.2 Å². The van der Waals surface area contributed by atoms with Crippen LogP contribution in [0.4, 0.5) is 0 Å². The van der Waals surface area contributed by atoms with Gasteiger partial charge in [0.15, 0.2) is 0 Å². The van der Waals surface area contributed by atoms with E-state index in [1.165, 1.54) is 0 Å². The van der Waals surface area contributed by atoms with Crippen molar-refractivity contribution in [2.45, 2.75) is 69.5 Å².